The van der Waals surface area contributed by atoms with Gasteiger partial charge in [-0.05, 0) is 42.0 Å². The summed E-state index contributed by atoms with van der Waals surface area (Å²) in [5, 5.41) is 0.444. The van der Waals surface area contributed by atoms with E-state index in [1.54, 1.807) is 42.5 Å². The number of rotatable bonds is 6. The Morgan fingerprint density at radius 3 is 2.56 bits per heavy atom. The Balaban J connectivity index is 1.84. The minimum absolute atomic E-state index is 0.354. The number of benzene rings is 2. The lowest BCUT2D eigenvalue weighted by Gasteiger charge is -2.05. The molecule has 5 nitrogen and oxygen atoms in total. The molecule has 0 saturated heterocycles. The first-order chi connectivity index (χ1) is 12.1. The third kappa shape index (κ3) is 6.16. The van der Waals surface area contributed by atoms with Crippen molar-refractivity contribution in [1.82, 2.24) is 10.9 Å². The molecule has 0 saturated carbocycles. The predicted molar refractivity (Wildman–Crippen MR) is 98.2 cm³/mol. The van der Waals surface area contributed by atoms with Crippen LogP contribution < -0.4 is 15.6 Å². The fraction of sp³-hybridized carbons (Fsp3) is 0.0526. The van der Waals surface area contributed by atoms with Gasteiger partial charge in [0.05, 0.1) is 0 Å². The van der Waals surface area contributed by atoms with E-state index in [0.29, 0.717) is 17.2 Å². The van der Waals surface area contributed by atoms with Crippen LogP contribution in [0.1, 0.15) is 15.9 Å². The molecule has 0 bridgehead atoms. The van der Waals surface area contributed by atoms with Crippen molar-refractivity contribution in [3.8, 4) is 5.75 Å². The molecule has 0 spiro atoms. The number of nitrogens with one attached hydrogen (secondary N) is 2. The van der Waals surface area contributed by atoms with Gasteiger partial charge in [-0.1, -0.05) is 42.5 Å². The lowest BCUT2D eigenvalue weighted by Crippen LogP contribution is -2.40. The summed E-state index contributed by atoms with van der Waals surface area (Å²) in [5.41, 5.74) is 5.80. The highest BCUT2D eigenvalue weighted by molar-refractivity contribution is 6.30. The van der Waals surface area contributed by atoms with Gasteiger partial charge in [0.25, 0.3) is 11.8 Å². The quantitative estimate of drug-likeness (QED) is 0.473. The molecule has 2 rings (SSSR count). The third-order valence-corrected chi connectivity index (χ3v) is 3.30. The van der Waals surface area contributed by atoms with Gasteiger partial charge in [-0.15, -0.1) is 0 Å². The van der Waals surface area contributed by atoms with E-state index in [9.17, 15) is 9.59 Å². The highest BCUT2D eigenvalue weighted by Crippen LogP contribution is 2.13. The second-order valence-corrected chi connectivity index (χ2v) is 5.39. The van der Waals surface area contributed by atoms with Gasteiger partial charge in [0, 0.05) is 16.7 Å². The van der Waals surface area contributed by atoms with Crippen molar-refractivity contribution < 1.29 is 14.3 Å². The number of hydrazine groups is 1. The van der Waals surface area contributed by atoms with Gasteiger partial charge in [0.2, 0.25) is 0 Å². The van der Waals surface area contributed by atoms with Crippen LogP contribution in [-0.4, -0.2) is 18.4 Å². The van der Waals surface area contributed by atoms with E-state index in [-0.39, 0.29) is 0 Å². The van der Waals surface area contributed by atoms with Gasteiger partial charge >= 0.3 is 0 Å². The van der Waals surface area contributed by atoms with Crippen molar-refractivity contribution >= 4 is 29.5 Å². The summed E-state index contributed by atoms with van der Waals surface area (Å²) in [5.74, 6) is -0.189. The van der Waals surface area contributed by atoms with Crippen molar-refractivity contribution in [2.24, 2.45) is 0 Å². The van der Waals surface area contributed by atoms with E-state index in [4.69, 9.17) is 16.3 Å². The lowest BCUT2D eigenvalue weighted by molar-refractivity contribution is -0.117. The van der Waals surface area contributed by atoms with Crippen molar-refractivity contribution in [1.29, 1.82) is 0 Å². The summed E-state index contributed by atoms with van der Waals surface area (Å²) in [6.07, 6.45) is 4.60. The first kappa shape index (κ1) is 18.3. The topological polar surface area (TPSA) is 67.4 Å². The fourth-order valence-electron chi connectivity index (χ4n) is 1.86. The molecule has 2 aromatic rings. The van der Waals surface area contributed by atoms with Crippen LogP contribution in [0.2, 0.25) is 5.02 Å². The van der Waals surface area contributed by atoms with Crippen LogP contribution in [0, 0.1) is 0 Å². The second-order valence-electron chi connectivity index (χ2n) is 4.96. The van der Waals surface area contributed by atoms with E-state index < -0.39 is 11.8 Å². The molecule has 0 aromatic heterocycles. The molecule has 2 aromatic carbocycles. The smallest absolute Gasteiger partial charge is 0.269 e. The number of amides is 2. The molecule has 25 heavy (non-hydrogen) atoms. The molecule has 2 amide bonds. The summed E-state index contributed by atoms with van der Waals surface area (Å²) >= 11 is 5.82. The standard InChI is InChI=1S/C19H17ClN2O3/c1-2-12-25-17-9-6-14(7-10-17)8-11-18(23)21-22-19(24)15-4-3-5-16(20)13-15/h2-11,13H,1,12H2,(H,21,23)(H,22,24)/b11-8+. The van der Waals surface area contributed by atoms with Gasteiger partial charge in [-0.3, -0.25) is 20.4 Å². The minimum Gasteiger partial charge on any atom is -0.490 e. The predicted octanol–water partition coefficient (Wildman–Crippen LogP) is 3.38. The van der Waals surface area contributed by atoms with Crippen molar-refractivity contribution in [3.63, 3.8) is 0 Å². The summed E-state index contributed by atoms with van der Waals surface area (Å²) < 4.78 is 5.37. The highest BCUT2D eigenvalue weighted by Gasteiger charge is 2.06. The molecule has 0 fully saturated rings. The van der Waals surface area contributed by atoms with Crippen molar-refractivity contribution in [3.05, 3.63) is 83.4 Å². The fourth-order valence-corrected chi connectivity index (χ4v) is 2.05. The van der Waals surface area contributed by atoms with Crippen LogP contribution in [0.5, 0.6) is 5.75 Å². The maximum absolute atomic E-state index is 11.9. The Hall–Kier alpha value is -3.05. The molecule has 0 radical (unpaired) electrons. The summed E-state index contributed by atoms with van der Waals surface area (Å²) in [6.45, 7) is 4.01. The van der Waals surface area contributed by atoms with Gasteiger partial charge in [-0.2, -0.15) is 0 Å². The van der Waals surface area contributed by atoms with Crippen LogP contribution >= 0.6 is 11.6 Å². The van der Waals surface area contributed by atoms with E-state index in [1.165, 1.54) is 12.1 Å². The molecule has 0 heterocycles. The van der Waals surface area contributed by atoms with Crippen LogP contribution in [0.15, 0.2) is 67.3 Å². The molecule has 0 atom stereocenters. The first-order valence-electron chi connectivity index (χ1n) is 7.46. The largest absolute Gasteiger partial charge is 0.490 e. The molecule has 6 heteroatoms. The van der Waals surface area contributed by atoms with Gasteiger partial charge in [0.15, 0.2) is 0 Å². The van der Waals surface area contributed by atoms with Crippen LogP contribution in [-0.2, 0) is 4.79 Å². The molecular formula is C19H17ClN2O3. The van der Waals surface area contributed by atoms with E-state index >= 15 is 0 Å². The zero-order valence-corrected chi connectivity index (χ0v) is 14.1. The van der Waals surface area contributed by atoms with Crippen LogP contribution in [0.4, 0.5) is 0 Å². The van der Waals surface area contributed by atoms with E-state index in [0.717, 1.165) is 11.3 Å². The second kappa shape index (κ2) is 9.30. The average Bonchev–Trinajstić information content (AvgIpc) is 2.63. The summed E-state index contributed by atoms with van der Waals surface area (Å²) in [7, 11) is 0. The van der Waals surface area contributed by atoms with Crippen LogP contribution in [0.3, 0.4) is 0 Å². The SMILES string of the molecule is C=CCOc1ccc(/C=C/C(=O)NNC(=O)c2cccc(Cl)c2)cc1. The Morgan fingerprint density at radius 1 is 1.12 bits per heavy atom. The zero-order valence-electron chi connectivity index (χ0n) is 13.4. The van der Waals surface area contributed by atoms with E-state index in [2.05, 4.69) is 17.4 Å². The van der Waals surface area contributed by atoms with Crippen LogP contribution in [0.25, 0.3) is 6.08 Å². The number of carbonyl (C=O) groups is 2. The van der Waals surface area contributed by atoms with Gasteiger partial charge in [-0.25, -0.2) is 0 Å². The molecule has 0 aliphatic heterocycles. The molecule has 0 aliphatic rings. The summed E-state index contributed by atoms with van der Waals surface area (Å²) in [6, 6.07) is 13.6. The zero-order chi connectivity index (χ0) is 18.1. The highest BCUT2D eigenvalue weighted by atomic mass is 35.5. The Bertz CT molecular complexity index is 786. The molecule has 0 unspecified atom stereocenters. The van der Waals surface area contributed by atoms with Gasteiger partial charge in [0.1, 0.15) is 12.4 Å². The van der Waals surface area contributed by atoms with Crippen molar-refractivity contribution in [2.45, 2.75) is 0 Å². The lowest BCUT2D eigenvalue weighted by atomic mass is 10.2. The number of ether oxygens (including phenoxy) is 1. The number of carbonyl (C=O) groups excluding carboxylic acids is 2. The Kier molecular flexibility index (Phi) is 6.80. The Labute approximate surface area is 150 Å². The Morgan fingerprint density at radius 2 is 1.88 bits per heavy atom. The monoisotopic (exact) mass is 356 g/mol. The maximum atomic E-state index is 11.9. The van der Waals surface area contributed by atoms with Gasteiger partial charge < -0.3 is 4.74 Å². The first-order valence-corrected chi connectivity index (χ1v) is 7.84. The average molecular weight is 357 g/mol. The number of hydrogen-bond donors (Lipinski definition) is 2. The molecule has 2 N–H and O–H groups in total. The molecular weight excluding hydrogens is 340 g/mol. The molecule has 0 aliphatic carbocycles. The van der Waals surface area contributed by atoms with E-state index in [1.807, 2.05) is 12.1 Å². The normalized spacial score (nSPS) is 10.3. The third-order valence-electron chi connectivity index (χ3n) is 3.06. The molecule has 128 valence electrons. The summed E-state index contributed by atoms with van der Waals surface area (Å²) in [4.78, 5) is 23.6. The minimum atomic E-state index is -0.456. The number of hydrogen-bond acceptors (Lipinski definition) is 3. The number of halogens is 1. The maximum Gasteiger partial charge on any atom is 0.269 e. The van der Waals surface area contributed by atoms with Crippen molar-refractivity contribution in [2.75, 3.05) is 6.61 Å².